The number of furan rings is 1. The van der Waals surface area contributed by atoms with Crippen molar-refractivity contribution < 1.29 is 13.9 Å². The molecule has 1 aromatic heterocycles. The van der Waals surface area contributed by atoms with Gasteiger partial charge in [-0.1, -0.05) is 30.7 Å². The monoisotopic (exact) mass is 252 g/mol. The molecule has 2 rings (SSSR count). The van der Waals surface area contributed by atoms with Gasteiger partial charge in [0.2, 0.25) is 0 Å². The van der Waals surface area contributed by atoms with E-state index in [1.54, 1.807) is 6.07 Å². The lowest BCUT2D eigenvalue weighted by Gasteiger charge is -2.08. The van der Waals surface area contributed by atoms with Gasteiger partial charge in [0.05, 0.1) is 12.1 Å². The second-order valence-electron chi connectivity index (χ2n) is 3.79. The molecular weight excluding hydrogens is 240 g/mol. The van der Waals surface area contributed by atoms with Crippen molar-refractivity contribution in [1.82, 2.24) is 0 Å². The zero-order chi connectivity index (χ0) is 12.4. The molecule has 1 aromatic carbocycles. The smallest absolute Gasteiger partial charge is 0.316 e. The van der Waals surface area contributed by atoms with Gasteiger partial charge >= 0.3 is 5.97 Å². The van der Waals surface area contributed by atoms with Crippen LogP contribution in [-0.4, -0.2) is 13.1 Å². The number of carbonyl (C=O) groups excluding carboxylic acids is 1. The fraction of sp³-hybridized carbons (Fsp3) is 0.308. The van der Waals surface area contributed by atoms with Gasteiger partial charge in [0, 0.05) is 5.39 Å². The highest BCUT2D eigenvalue weighted by atomic mass is 35.5. The third-order valence-electron chi connectivity index (χ3n) is 2.75. The maximum atomic E-state index is 11.6. The van der Waals surface area contributed by atoms with Gasteiger partial charge in [-0.3, -0.25) is 4.79 Å². The lowest BCUT2D eigenvalue weighted by Crippen LogP contribution is -2.12. The number of methoxy groups -OCH3 is 1. The van der Waals surface area contributed by atoms with Crippen LogP contribution in [-0.2, 0) is 9.53 Å². The molecule has 1 unspecified atom stereocenters. The number of hydrogen-bond donors (Lipinski definition) is 0. The average molecular weight is 253 g/mol. The fourth-order valence-corrected chi connectivity index (χ4v) is 2.07. The van der Waals surface area contributed by atoms with E-state index in [-0.39, 0.29) is 11.9 Å². The zero-order valence-electron chi connectivity index (χ0n) is 9.70. The van der Waals surface area contributed by atoms with Gasteiger partial charge in [-0.2, -0.15) is 0 Å². The topological polar surface area (TPSA) is 39.4 Å². The molecule has 0 saturated carbocycles. The molecule has 0 spiro atoms. The summed E-state index contributed by atoms with van der Waals surface area (Å²) in [6.45, 7) is 1.91. The van der Waals surface area contributed by atoms with Gasteiger partial charge in [0.15, 0.2) is 5.58 Å². The Kier molecular flexibility index (Phi) is 3.38. The SMILES string of the molecule is CCC(C(=O)OC)c1cc2cccc(Cl)c2o1. The molecule has 0 saturated heterocycles. The van der Waals surface area contributed by atoms with E-state index in [1.165, 1.54) is 7.11 Å². The Morgan fingerprint density at radius 3 is 2.88 bits per heavy atom. The molecule has 0 N–H and O–H groups in total. The largest absolute Gasteiger partial charge is 0.468 e. The maximum Gasteiger partial charge on any atom is 0.316 e. The predicted molar refractivity (Wildman–Crippen MR) is 66.3 cm³/mol. The summed E-state index contributed by atoms with van der Waals surface area (Å²) in [6, 6.07) is 7.35. The molecule has 0 aliphatic carbocycles. The summed E-state index contributed by atoms with van der Waals surface area (Å²) in [7, 11) is 1.38. The van der Waals surface area contributed by atoms with Crippen LogP contribution in [0.15, 0.2) is 28.7 Å². The highest BCUT2D eigenvalue weighted by Gasteiger charge is 2.23. The number of para-hydroxylation sites is 1. The van der Waals surface area contributed by atoms with Gasteiger partial charge in [-0.05, 0) is 18.6 Å². The molecule has 0 fully saturated rings. The van der Waals surface area contributed by atoms with E-state index in [0.717, 1.165) is 5.39 Å². The Morgan fingerprint density at radius 1 is 1.53 bits per heavy atom. The second kappa shape index (κ2) is 4.80. The molecule has 17 heavy (non-hydrogen) atoms. The lowest BCUT2D eigenvalue weighted by atomic mass is 10.0. The molecule has 0 amide bonds. The predicted octanol–water partition coefficient (Wildman–Crippen LogP) is 3.75. The van der Waals surface area contributed by atoms with Crippen LogP contribution in [0.4, 0.5) is 0 Å². The molecule has 4 heteroatoms. The summed E-state index contributed by atoms with van der Waals surface area (Å²) in [4.78, 5) is 11.6. The molecule has 0 aliphatic rings. The number of halogens is 1. The first-order valence-electron chi connectivity index (χ1n) is 5.43. The number of fused-ring (bicyclic) bond motifs is 1. The quantitative estimate of drug-likeness (QED) is 0.781. The van der Waals surface area contributed by atoms with E-state index in [0.29, 0.717) is 22.8 Å². The van der Waals surface area contributed by atoms with E-state index in [1.807, 2.05) is 25.1 Å². The number of benzene rings is 1. The van der Waals surface area contributed by atoms with E-state index < -0.39 is 0 Å². The summed E-state index contributed by atoms with van der Waals surface area (Å²) >= 11 is 6.02. The lowest BCUT2D eigenvalue weighted by molar-refractivity contribution is -0.142. The minimum atomic E-state index is -0.372. The summed E-state index contributed by atoms with van der Waals surface area (Å²) < 4.78 is 10.4. The van der Waals surface area contributed by atoms with Crippen molar-refractivity contribution in [2.24, 2.45) is 0 Å². The number of esters is 1. The number of carbonyl (C=O) groups is 1. The molecule has 3 nitrogen and oxygen atoms in total. The van der Waals surface area contributed by atoms with Gasteiger partial charge in [-0.15, -0.1) is 0 Å². The Bertz CT molecular complexity index is 545. The standard InChI is InChI=1S/C13H13ClO3/c1-3-9(13(15)16-2)11-7-8-5-4-6-10(14)12(8)17-11/h4-7,9H,3H2,1-2H3. The van der Waals surface area contributed by atoms with Crippen molar-refractivity contribution in [2.45, 2.75) is 19.3 Å². The highest BCUT2D eigenvalue weighted by molar-refractivity contribution is 6.34. The molecule has 2 aromatic rings. The zero-order valence-corrected chi connectivity index (χ0v) is 10.5. The van der Waals surface area contributed by atoms with E-state index in [2.05, 4.69) is 0 Å². The van der Waals surface area contributed by atoms with Crippen LogP contribution in [0.1, 0.15) is 25.0 Å². The molecular formula is C13H13ClO3. The third kappa shape index (κ3) is 2.15. The molecule has 90 valence electrons. The van der Waals surface area contributed by atoms with Gasteiger partial charge in [0.25, 0.3) is 0 Å². The fourth-order valence-electron chi connectivity index (χ4n) is 1.85. The molecule has 1 atom stereocenters. The van der Waals surface area contributed by atoms with Crippen molar-refractivity contribution in [1.29, 1.82) is 0 Å². The van der Waals surface area contributed by atoms with Gasteiger partial charge < -0.3 is 9.15 Å². The minimum absolute atomic E-state index is 0.289. The molecule has 0 aliphatic heterocycles. The van der Waals surface area contributed by atoms with Crippen LogP contribution in [0.5, 0.6) is 0 Å². The van der Waals surface area contributed by atoms with Crippen LogP contribution in [0.3, 0.4) is 0 Å². The van der Waals surface area contributed by atoms with Gasteiger partial charge in [-0.25, -0.2) is 0 Å². The van der Waals surface area contributed by atoms with E-state index in [9.17, 15) is 4.79 Å². The summed E-state index contributed by atoms with van der Waals surface area (Å²) in [6.07, 6.45) is 0.629. The normalized spacial score (nSPS) is 12.6. The van der Waals surface area contributed by atoms with Crippen LogP contribution in [0, 0.1) is 0 Å². The van der Waals surface area contributed by atoms with Gasteiger partial charge in [0.1, 0.15) is 11.7 Å². The van der Waals surface area contributed by atoms with E-state index >= 15 is 0 Å². The Morgan fingerprint density at radius 2 is 2.29 bits per heavy atom. The Balaban J connectivity index is 2.48. The Labute approximate surface area is 104 Å². The molecule has 0 bridgehead atoms. The van der Waals surface area contributed by atoms with Crippen LogP contribution < -0.4 is 0 Å². The highest BCUT2D eigenvalue weighted by Crippen LogP contribution is 2.31. The van der Waals surface area contributed by atoms with Crippen molar-refractivity contribution in [3.8, 4) is 0 Å². The second-order valence-corrected chi connectivity index (χ2v) is 4.20. The molecule has 0 radical (unpaired) electrons. The first kappa shape index (κ1) is 12.0. The summed E-state index contributed by atoms with van der Waals surface area (Å²) in [5.74, 6) is -0.0615. The van der Waals surface area contributed by atoms with Crippen molar-refractivity contribution in [2.75, 3.05) is 7.11 Å². The first-order chi connectivity index (χ1) is 8.17. The minimum Gasteiger partial charge on any atom is -0.468 e. The number of ether oxygens (including phenoxy) is 1. The third-order valence-corrected chi connectivity index (χ3v) is 3.05. The maximum absolute atomic E-state index is 11.6. The number of hydrogen-bond acceptors (Lipinski definition) is 3. The van der Waals surface area contributed by atoms with Crippen molar-refractivity contribution in [3.63, 3.8) is 0 Å². The number of rotatable bonds is 3. The first-order valence-corrected chi connectivity index (χ1v) is 5.81. The van der Waals surface area contributed by atoms with Crippen molar-refractivity contribution in [3.05, 3.63) is 35.0 Å². The molecule has 1 heterocycles. The average Bonchev–Trinajstić information content (AvgIpc) is 2.75. The van der Waals surface area contributed by atoms with Crippen LogP contribution in [0.2, 0.25) is 5.02 Å². The van der Waals surface area contributed by atoms with Crippen LogP contribution >= 0.6 is 11.6 Å². The van der Waals surface area contributed by atoms with E-state index in [4.69, 9.17) is 20.8 Å². The summed E-state index contributed by atoms with van der Waals surface area (Å²) in [5, 5.41) is 1.45. The van der Waals surface area contributed by atoms with Crippen LogP contribution in [0.25, 0.3) is 11.0 Å². The summed E-state index contributed by atoms with van der Waals surface area (Å²) in [5.41, 5.74) is 0.617. The van der Waals surface area contributed by atoms with Crippen molar-refractivity contribution >= 4 is 28.5 Å². The Hall–Kier alpha value is -1.48.